The summed E-state index contributed by atoms with van der Waals surface area (Å²) in [5, 5.41) is 4.36. The predicted octanol–water partition coefficient (Wildman–Crippen LogP) is 2.05. The molecule has 0 rings (SSSR count). The summed E-state index contributed by atoms with van der Waals surface area (Å²) in [6, 6.07) is 0. The molecule has 1 atom stereocenters. The minimum Gasteiger partial charge on any atom is -0.242 e. The van der Waals surface area contributed by atoms with Crippen molar-refractivity contribution in [1.29, 1.82) is 0 Å². The van der Waals surface area contributed by atoms with Crippen molar-refractivity contribution in [1.82, 2.24) is 5.32 Å². The molecule has 55 valence electrons. The van der Waals surface area contributed by atoms with Gasteiger partial charge >= 0.3 is 0 Å². The van der Waals surface area contributed by atoms with Gasteiger partial charge in [-0.1, -0.05) is 27.2 Å². The maximum absolute atomic E-state index is 4.36. The van der Waals surface area contributed by atoms with E-state index in [1.165, 1.54) is 12.8 Å². The lowest BCUT2D eigenvalue weighted by Crippen LogP contribution is -2.14. The normalized spacial score (nSPS) is 13.7. The minimum absolute atomic E-state index is 0.788. The standard InChI is InChI=1S/C8H18N/c1-4-6-9-7-8(3)5-2/h8H,4-7H2,1-3H3. The lowest BCUT2D eigenvalue weighted by molar-refractivity contribution is 0.493. The summed E-state index contributed by atoms with van der Waals surface area (Å²) < 4.78 is 0. The molecule has 0 aliphatic rings. The Morgan fingerprint density at radius 3 is 2.44 bits per heavy atom. The van der Waals surface area contributed by atoms with Crippen LogP contribution in [0.4, 0.5) is 0 Å². The van der Waals surface area contributed by atoms with Gasteiger partial charge in [-0.05, 0) is 12.3 Å². The molecule has 0 aromatic rings. The third kappa shape index (κ3) is 5.84. The average Bonchev–Trinajstić information content (AvgIpc) is 1.89. The van der Waals surface area contributed by atoms with Gasteiger partial charge in [-0.2, -0.15) is 0 Å². The third-order valence-corrected chi connectivity index (χ3v) is 1.52. The SMILES string of the molecule is CCC[N]CC(C)CC. The Morgan fingerprint density at radius 2 is 2.00 bits per heavy atom. The van der Waals surface area contributed by atoms with Gasteiger partial charge in [-0.25, -0.2) is 5.32 Å². The van der Waals surface area contributed by atoms with Crippen molar-refractivity contribution in [2.24, 2.45) is 5.92 Å². The molecule has 0 spiro atoms. The summed E-state index contributed by atoms with van der Waals surface area (Å²) in [7, 11) is 0. The van der Waals surface area contributed by atoms with Crippen LogP contribution in [0.25, 0.3) is 0 Å². The highest BCUT2D eigenvalue weighted by atomic mass is 14.8. The zero-order chi connectivity index (χ0) is 7.11. The molecular formula is C8H18N. The predicted molar refractivity (Wildman–Crippen MR) is 41.6 cm³/mol. The summed E-state index contributed by atoms with van der Waals surface area (Å²) >= 11 is 0. The van der Waals surface area contributed by atoms with E-state index in [2.05, 4.69) is 26.1 Å². The smallest absolute Gasteiger partial charge is 0.0158 e. The fraction of sp³-hybridized carbons (Fsp3) is 1.00. The summed E-state index contributed by atoms with van der Waals surface area (Å²) in [5.74, 6) is 0.788. The monoisotopic (exact) mass is 128 g/mol. The van der Waals surface area contributed by atoms with Gasteiger partial charge in [-0.3, -0.25) is 0 Å². The molecule has 0 aromatic carbocycles. The second-order valence-corrected chi connectivity index (χ2v) is 2.64. The van der Waals surface area contributed by atoms with Crippen LogP contribution in [-0.4, -0.2) is 13.1 Å². The zero-order valence-electron chi connectivity index (χ0n) is 6.85. The molecule has 0 amide bonds. The molecule has 1 radical (unpaired) electrons. The molecule has 0 saturated carbocycles. The van der Waals surface area contributed by atoms with Gasteiger partial charge in [-0.15, -0.1) is 0 Å². The van der Waals surface area contributed by atoms with Gasteiger partial charge in [0.2, 0.25) is 0 Å². The van der Waals surface area contributed by atoms with E-state index in [0.29, 0.717) is 0 Å². The summed E-state index contributed by atoms with van der Waals surface area (Å²) in [6.07, 6.45) is 2.45. The largest absolute Gasteiger partial charge is 0.242 e. The van der Waals surface area contributed by atoms with E-state index < -0.39 is 0 Å². The molecule has 0 saturated heterocycles. The van der Waals surface area contributed by atoms with Crippen LogP contribution in [0.1, 0.15) is 33.6 Å². The Morgan fingerprint density at radius 1 is 1.33 bits per heavy atom. The highest BCUT2D eigenvalue weighted by Crippen LogP contribution is 1.97. The Labute approximate surface area is 58.8 Å². The first kappa shape index (κ1) is 8.96. The van der Waals surface area contributed by atoms with Crippen molar-refractivity contribution in [2.45, 2.75) is 33.6 Å². The molecular weight excluding hydrogens is 110 g/mol. The fourth-order valence-corrected chi connectivity index (χ4v) is 0.599. The van der Waals surface area contributed by atoms with Gasteiger partial charge in [0.25, 0.3) is 0 Å². The molecule has 0 aliphatic heterocycles. The topological polar surface area (TPSA) is 14.1 Å². The van der Waals surface area contributed by atoms with Crippen molar-refractivity contribution < 1.29 is 0 Å². The molecule has 0 aromatic heterocycles. The highest BCUT2D eigenvalue weighted by molar-refractivity contribution is 4.52. The summed E-state index contributed by atoms with van der Waals surface area (Å²) in [4.78, 5) is 0. The summed E-state index contributed by atoms with van der Waals surface area (Å²) in [5.41, 5.74) is 0. The molecule has 0 bridgehead atoms. The zero-order valence-corrected chi connectivity index (χ0v) is 6.85. The Hall–Kier alpha value is -0.0400. The van der Waals surface area contributed by atoms with Crippen molar-refractivity contribution in [2.75, 3.05) is 13.1 Å². The number of nitrogens with zero attached hydrogens (tertiary/aromatic N) is 1. The van der Waals surface area contributed by atoms with Gasteiger partial charge in [0.15, 0.2) is 0 Å². The van der Waals surface area contributed by atoms with Crippen LogP contribution in [-0.2, 0) is 0 Å². The Balaban J connectivity index is 2.88. The van der Waals surface area contributed by atoms with E-state index in [1.54, 1.807) is 0 Å². The molecule has 1 unspecified atom stereocenters. The van der Waals surface area contributed by atoms with Gasteiger partial charge in [0, 0.05) is 13.1 Å². The van der Waals surface area contributed by atoms with Crippen LogP contribution < -0.4 is 5.32 Å². The number of rotatable bonds is 5. The lowest BCUT2D eigenvalue weighted by atomic mass is 10.1. The van der Waals surface area contributed by atoms with Crippen molar-refractivity contribution in [3.05, 3.63) is 0 Å². The van der Waals surface area contributed by atoms with Crippen LogP contribution in [0.3, 0.4) is 0 Å². The van der Waals surface area contributed by atoms with Crippen molar-refractivity contribution in [3.8, 4) is 0 Å². The minimum atomic E-state index is 0.788. The van der Waals surface area contributed by atoms with E-state index in [4.69, 9.17) is 0 Å². The maximum atomic E-state index is 4.36. The number of hydrogen-bond donors (Lipinski definition) is 0. The first-order valence-electron chi connectivity index (χ1n) is 3.94. The second kappa shape index (κ2) is 6.09. The van der Waals surface area contributed by atoms with Gasteiger partial charge in [0.1, 0.15) is 0 Å². The van der Waals surface area contributed by atoms with Crippen LogP contribution in [0.5, 0.6) is 0 Å². The van der Waals surface area contributed by atoms with E-state index in [1.807, 2.05) is 0 Å². The van der Waals surface area contributed by atoms with E-state index in [0.717, 1.165) is 19.0 Å². The molecule has 9 heavy (non-hydrogen) atoms. The van der Waals surface area contributed by atoms with Crippen molar-refractivity contribution >= 4 is 0 Å². The van der Waals surface area contributed by atoms with E-state index >= 15 is 0 Å². The number of hydrogen-bond acceptors (Lipinski definition) is 0. The molecule has 0 N–H and O–H groups in total. The quantitative estimate of drug-likeness (QED) is 0.503. The van der Waals surface area contributed by atoms with Gasteiger partial charge in [0.05, 0.1) is 0 Å². The van der Waals surface area contributed by atoms with Crippen LogP contribution in [0, 0.1) is 5.92 Å². The summed E-state index contributed by atoms with van der Waals surface area (Å²) in [6.45, 7) is 8.74. The molecule has 0 aliphatic carbocycles. The van der Waals surface area contributed by atoms with E-state index in [9.17, 15) is 0 Å². The molecule has 1 nitrogen and oxygen atoms in total. The fourth-order valence-electron chi connectivity index (χ4n) is 0.599. The van der Waals surface area contributed by atoms with Gasteiger partial charge < -0.3 is 0 Å². The van der Waals surface area contributed by atoms with E-state index in [-0.39, 0.29) is 0 Å². The first-order valence-corrected chi connectivity index (χ1v) is 3.94. The molecule has 1 heteroatoms. The third-order valence-electron chi connectivity index (χ3n) is 1.52. The lowest BCUT2D eigenvalue weighted by Gasteiger charge is -2.05. The Kier molecular flexibility index (Phi) is 6.06. The van der Waals surface area contributed by atoms with Crippen LogP contribution >= 0.6 is 0 Å². The first-order chi connectivity index (χ1) is 4.31. The van der Waals surface area contributed by atoms with Crippen molar-refractivity contribution in [3.63, 3.8) is 0 Å². The Bertz CT molecular complexity index is 52.5. The molecule has 0 fully saturated rings. The average molecular weight is 128 g/mol. The second-order valence-electron chi connectivity index (χ2n) is 2.64. The van der Waals surface area contributed by atoms with Crippen LogP contribution in [0.15, 0.2) is 0 Å². The maximum Gasteiger partial charge on any atom is 0.0158 e. The highest BCUT2D eigenvalue weighted by Gasteiger charge is 1.95. The van der Waals surface area contributed by atoms with Crippen LogP contribution in [0.2, 0.25) is 0 Å². The molecule has 0 heterocycles.